The van der Waals surface area contributed by atoms with Gasteiger partial charge in [0.2, 0.25) is 23.6 Å². The van der Waals surface area contributed by atoms with Crippen molar-refractivity contribution in [3.8, 4) is 0 Å². The molecule has 30 heteroatoms. The zero-order valence-corrected chi connectivity index (χ0v) is 69.1. The molecule has 6 atom stereocenters. The number of aliphatic carboxylic acids is 2. The summed E-state index contributed by atoms with van der Waals surface area (Å²) in [6.07, 6.45) is -0.265. The van der Waals surface area contributed by atoms with E-state index in [2.05, 4.69) is 21.3 Å². The Morgan fingerprint density at radius 2 is 0.576 bits per heavy atom. The van der Waals surface area contributed by atoms with E-state index in [1.54, 1.807) is 12.1 Å². The number of hydrogen-bond acceptors (Lipinski definition) is 23. The van der Waals surface area contributed by atoms with E-state index in [0.717, 1.165) is 46.1 Å². The smallest absolute Gasteiger partial charge is 0.322 e. The molecule has 0 heterocycles. The minimum absolute atomic E-state index is 0. The van der Waals surface area contributed by atoms with E-state index in [4.69, 9.17) is 71.2 Å². The van der Waals surface area contributed by atoms with Crippen LogP contribution in [0.4, 0.5) is 0 Å². The van der Waals surface area contributed by atoms with Crippen molar-refractivity contribution in [2.45, 2.75) is 97.2 Å². The molecule has 29 nitrogen and oxygen atoms in total. The molecule has 0 aliphatic rings. The third-order valence-corrected chi connectivity index (χ3v) is 15.7. The van der Waals surface area contributed by atoms with Crippen LogP contribution < -0.4 is 38.5 Å². The van der Waals surface area contributed by atoms with Crippen LogP contribution in [0.15, 0.2) is 243 Å². The molecule has 16 N–H and O–H groups in total. The van der Waals surface area contributed by atoms with Gasteiger partial charge in [0.25, 0.3) is 0 Å². The first kappa shape index (κ1) is 109. The topological polar surface area (TPSA) is 474 Å². The number of benzene rings is 8. The summed E-state index contributed by atoms with van der Waals surface area (Å²) >= 11 is 0. The molecule has 0 aromatic heterocycles. The Morgan fingerprint density at radius 1 is 0.331 bits per heavy atom. The van der Waals surface area contributed by atoms with E-state index in [-0.39, 0.29) is 123 Å². The van der Waals surface area contributed by atoms with Gasteiger partial charge in [-0.05, 0) is 51.4 Å². The zero-order valence-electron chi connectivity index (χ0n) is 67.5. The standard InChI is InChI=1S/C20H23NO4.C19H21NO4.C14H19NO3.C12H14O5.C11H16N2O2.C7H9N.C3H7NO3.CH4O.CH3.Pd/c1-24-15-18(20(23)21-13-16-8-4-2-5-9-16)12-19(22)25-14-17-10-6-3-7-11-17;21-13-17(19(23)20-12-15-7-3-1-4-8-15)11-18(22)24-14-16-9-5-2-6-10-16;1-11(16)8-13(10-18-2)14(17)15-9-12-6-4-3-5-7-12;13-7-10(12(15)16)6-11(14)17-8-9-4-2-1-3-5-9;1-15-8-10(12)11(14)13-7-9-5-3-2-4-6-9;8-6-7-4-2-1-3-5-7;4-2(1-5)3(6)7;1-2;;/h2-11,18H,12-15H2,1H3,(H,21,23);1-10,17,21H,11-14H2,(H,20,23);3-7,13H,8-10H2,1-2H3,(H,15,17);1-5,10,13H,6-8H2,(H,15,16);2-6,10H,7-8,12H2,1H3,(H,13,14);1-5H,6,8H2;2,5H,1,4H2,(H,6,7);2H,1H3;1H3;/q;;;;;;;;-1;/t18-;17-;13-;2*10-;;2-;;;/m11111.1.../s1. The van der Waals surface area contributed by atoms with E-state index in [0.29, 0.717) is 32.7 Å². The van der Waals surface area contributed by atoms with Gasteiger partial charge in [0.1, 0.15) is 37.7 Å². The molecule has 0 aliphatic heterocycles. The molecular weight excluding hydrogens is 1610 g/mol. The maximum absolute atomic E-state index is 12.3. The number of rotatable bonds is 38. The van der Waals surface area contributed by atoms with Crippen LogP contribution in [-0.2, 0) is 149 Å². The van der Waals surface area contributed by atoms with Gasteiger partial charge in [0.05, 0.1) is 82.6 Å². The first-order chi connectivity index (χ1) is 56.0. The minimum atomic E-state index is -1.20. The summed E-state index contributed by atoms with van der Waals surface area (Å²) in [7, 11) is 5.55. The molecule has 8 aromatic rings. The quantitative estimate of drug-likeness (QED) is 0.00803. The average molecular weight is 1730 g/mol. The van der Waals surface area contributed by atoms with Gasteiger partial charge in [-0.25, -0.2) is 0 Å². The minimum Gasteiger partial charge on any atom is -0.481 e. The molecule has 646 valence electrons. The Kier molecular flexibility index (Phi) is 64.8. The number of aliphatic hydroxyl groups is 4. The largest absolute Gasteiger partial charge is 0.481 e. The molecule has 0 radical (unpaired) electrons. The molecule has 0 unspecified atom stereocenters. The number of ketones is 1. The van der Waals surface area contributed by atoms with Gasteiger partial charge in [0, 0.05) is 88.0 Å². The van der Waals surface area contributed by atoms with Gasteiger partial charge in [0.15, 0.2) is 0 Å². The number of methoxy groups -OCH3 is 3. The van der Waals surface area contributed by atoms with E-state index in [1.807, 2.05) is 231 Å². The first-order valence-electron chi connectivity index (χ1n) is 36.8. The molecule has 8 rings (SSSR count). The van der Waals surface area contributed by atoms with E-state index < -0.39 is 85.4 Å². The van der Waals surface area contributed by atoms with Crippen molar-refractivity contribution in [1.29, 1.82) is 0 Å². The number of Topliss-reactive ketones (excluding diaryl/α,β-unsaturated/α-hetero) is 1. The van der Waals surface area contributed by atoms with Gasteiger partial charge in [-0.2, -0.15) is 0 Å². The van der Waals surface area contributed by atoms with Gasteiger partial charge in [-0.15, -0.1) is 0 Å². The predicted octanol–water partition coefficient (Wildman–Crippen LogP) is 6.97. The second kappa shape index (κ2) is 70.2. The van der Waals surface area contributed by atoms with Crippen molar-refractivity contribution < 1.29 is 127 Å². The monoisotopic (exact) mass is 1730 g/mol. The number of esters is 3. The fourth-order valence-corrected chi connectivity index (χ4v) is 9.32. The molecule has 0 bridgehead atoms. The normalized spacial score (nSPS) is 11.3. The first-order valence-corrected chi connectivity index (χ1v) is 36.8. The summed E-state index contributed by atoms with van der Waals surface area (Å²) in [4.78, 5) is 114. The number of nitrogens with one attached hydrogen (secondary N) is 4. The Morgan fingerprint density at radius 3 is 0.805 bits per heavy atom. The van der Waals surface area contributed by atoms with Crippen LogP contribution in [0.1, 0.15) is 77.1 Å². The van der Waals surface area contributed by atoms with Crippen molar-refractivity contribution in [2.75, 3.05) is 68.1 Å². The average Bonchev–Trinajstić information content (AvgIpc) is 0.923. The van der Waals surface area contributed by atoms with Crippen LogP contribution in [0.25, 0.3) is 0 Å². The number of carboxylic acids is 2. The molecule has 4 amide bonds. The third-order valence-electron chi connectivity index (χ3n) is 15.7. The fraction of sp³-hybridized carbons (Fsp3) is 0.330. The Labute approximate surface area is 705 Å². The van der Waals surface area contributed by atoms with Crippen molar-refractivity contribution in [3.63, 3.8) is 0 Å². The summed E-state index contributed by atoms with van der Waals surface area (Å²) < 4.78 is 30.1. The molecule has 0 saturated heterocycles. The summed E-state index contributed by atoms with van der Waals surface area (Å²) in [6.45, 7) is 3.51. The molecule has 0 fully saturated rings. The zero-order chi connectivity index (χ0) is 85.9. The van der Waals surface area contributed by atoms with Crippen molar-refractivity contribution in [3.05, 3.63) is 295 Å². The number of nitrogens with two attached hydrogens (primary N) is 3. The van der Waals surface area contributed by atoms with Crippen LogP contribution in [0.2, 0.25) is 0 Å². The van der Waals surface area contributed by atoms with E-state index in [1.165, 1.54) is 33.8 Å². The molecule has 0 aliphatic carbocycles. The fourth-order valence-electron chi connectivity index (χ4n) is 9.32. The summed E-state index contributed by atoms with van der Waals surface area (Å²) in [5, 5.41) is 60.8. The van der Waals surface area contributed by atoms with Gasteiger partial charge in [-0.3, -0.25) is 43.2 Å². The molecule has 8 aromatic carbocycles. The number of carbonyl (C=O) groups excluding carboxylic acids is 8. The van der Waals surface area contributed by atoms with Crippen LogP contribution in [-0.4, -0.2) is 170 Å². The van der Waals surface area contributed by atoms with Crippen molar-refractivity contribution in [1.82, 2.24) is 21.3 Å². The van der Waals surface area contributed by atoms with E-state index >= 15 is 0 Å². The number of carbonyl (C=O) groups is 10. The van der Waals surface area contributed by atoms with Crippen LogP contribution in [0.3, 0.4) is 0 Å². The van der Waals surface area contributed by atoms with Crippen LogP contribution >= 0.6 is 0 Å². The summed E-state index contributed by atoms with van der Waals surface area (Å²) in [6, 6.07) is 74.4. The SMILES string of the molecule is CO.COC[C@@H](CC(=O)OCc1ccccc1)C(=O)NCc1ccccc1.COC[C@@H](CC(C)=O)C(=O)NCc1ccccc1.COC[C@@H](N)C(=O)NCc1ccccc1.NCc1ccccc1.N[C@H](CO)C(=O)O.O=C(C[C@H](CO)C(=O)NCc1ccccc1)OCc1ccccc1.O=C(C[C@H](CO)C(=O)O)OCc1ccccc1.[CH3-].[Pd]. The van der Waals surface area contributed by atoms with Crippen molar-refractivity contribution >= 4 is 59.3 Å². The molecular formula is C88H116N7O22Pd-. The molecule has 0 saturated carbocycles. The third kappa shape index (κ3) is 54.0. The van der Waals surface area contributed by atoms with Crippen LogP contribution in [0, 0.1) is 31.1 Å². The van der Waals surface area contributed by atoms with E-state index in [9.17, 15) is 53.1 Å². The Hall–Kier alpha value is -11.1. The number of carboxylic acid groups (broad SMARTS) is 2. The summed E-state index contributed by atoms with van der Waals surface area (Å²) in [5.74, 6) is -7.75. The molecule has 0 spiro atoms. The molecule has 118 heavy (non-hydrogen) atoms. The van der Waals surface area contributed by atoms with Gasteiger partial charge < -0.3 is 110 Å². The maximum Gasteiger partial charge on any atom is 0.322 e. The Bertz CT molecular complexity index is 3950. The second-order valence-electron chi connectivity index (χ2n) is 25.1. The van der Waals surface area contributed by atoms with Crippen LogP contribution in [0.5, 0.6) is 0 Å². The predicted molar refractivity (Wildman–Crippen MR) is 442 cm³/mol. The maximum atomic E-state index is 12.3. The summed E-state index contributed by atoms with van der Waals surface area (Å²) in [5.41, 5.74) is 23.5. The van der Waals surface area contributed by atoms with Gasteiger partial charge >= 0.3 is 29.8 Å². The second-order valence-corrected chi connectivity index (χ2v) is 25.1. The number of aliphatic hydroxyl groups excluding tert-OH is 4. The Balaban J connectivity index is 0. The number of ether oxygens (including phenoxy) is 6. The van der Waals surface area contributed by atoms with Crippen molar-refractivity contribution in [2.24, 2.45) is 40.9 Å². The number of hydrogen-bond donors (Lipinski definition) is 13. The number of amides is 4. The van der Waals surface area contributed by atoms with Gasteiger partial charge in [-0.1, -0.05) is 243 Å².